The highest BCUT2D eigenvalue weighted by Gasteiger charge is 2.11. The number of aromatic nitrogens is 5. The minimum Gasteiger partial charge on any atom is -0.436 e. The normalized spacial score (nSPS) is 11.8. The van der Waals surface area contributed by atoms with E-state index in [1.807, 2.05) is 66.7 Å². The van der Waals surface area contributed by atoms with Gasteiger partial charge in [0.2, 0.25) is 5.89 Å². The number of nitrogens with zero attached hydrogens (tertiary/aromatic N) is 5. The predicted octanol–water partition coefficient (Wildman–Crippen LogP) is 5.93. The molecule has 7 aromatic rings. The van der Waals surface area contributed by atoms with Gasteiger partial charge in [-0.3, -0.25) is 4.98 Å². The molecule has 6 heteroatoms. The zero-order valence-electron chi connectivity index (χ0n) is 16.8. The van der Waals surface area contributed by atoms with Crippen LogP contribution in [0.15, 0.2) is 95.5 Å². The molecule has 150 valence electrons. The van der Waals surface area contributed by atoms with E-state index in [1.165, 1.54) is 0 Å². The van der Waals surface area contributed by atoms with Crippen molar-refractivity contribution in [2.75, 3.05) is 0 Å². The Balaban J connectivity index is 1.32. The molecule has 0 aliphatic rings. The highest BCUT2D eigenvalue weighted by atomic mass is 16.3. The van der Waals surface area contributed by atoms with Crippen molar-refractivity contribution in [3.05, 3.63) is 91.1 Å². The van der Waals surface area contributed by atoms with Gasteiger partial charge in [-0.05, 0) is 41.8 Å². The van der Waals surface area contributed by atoms with Crippen molar-refractivity contribution in [2.24, 2.45) is 0 Å². The standard InChI is InChI=1S/C26H15N5O/c1-2-6-20-16(5-1)10-12-22-25(20)30-31(29-22)19-11-9-17-13-18(15-27-23(17)14-19)26-28-21-7-3-4-8-24(21)32-26/h1-15H. The average Bonchev–Trinajstić information content (AvgIpc) is 3.48. The zero-order chi connectivity index (χ0) is 21.1. The van der Waals surface area contributed by atoms with E-state index in [0.717, 1.165) is 55.1 Å². The summed E-state index contributed by atoms with van der Waals surface area (Å²) in [5.74, 6) is 0.566. The van der Waals surface area contributed by atoms with Crippen LogP contribution in [0, 0.1) is 0 Å². The van der Waals surface area contributed by atoms with Crippen molar-refractivity contribution in [3.63, 3.8) is 0 Å². The summed E-state index contributed by atoms with van der Waals surface area (Å²) in [5.41, 5.74) is 5.92. The first-order chi connectivity index (χ1) is 15.8. The van der Waals surface area contributed by atoms with Crippen LogP contribution in [0.25, 0.3) is 61.0 Å². The fraction of sp³-hybridized carbons (Fsp3) is 0. The summed E-state index contributed by atoms with van der Waals surface area (Å²) in [6.07, 6.45) is 1.79. The Morgan fingerprint density at radius 2 is 1.56 bits per heavy atom. The van der Waals surface area contributed by atoms with Crippen LogP contribution in [0.1, 0.15) is 0 Å². The van der Waals surface area contributed by atoms with Crippen LogP contribution in [0.4, 0.5) is 0 Å². The van der Waals surface area contributed by atoms with Gasteiger partial charge in [0.05, 0.1) is 16.8 Å². The van der Waals surface area contributed by atoms with E-state index in [2.05, 4.69) is 33.3 Å². The third kappa shape index (κ3) is 2.60. The van der Waals surface area contributed by atoms with Gasteiger partial charge in [0, 0.05) is 17.0 Å². The Labute approximate surface area is 181 Å². The molecule has 0 amide bonds. The number of hydrogen-bond donors (Lipinski definition) is 0. The van der Waals surface area contributed by atoms with E-state index < -0.39 is 0 Å². The first-order valence-corrected chi connectivity index (χ1v) is 10.3. The van der Waals surface area contributed by atoms with Crippen LogP contribution >= 0.6 is 0 Å². The molecule has 0 N–H and O–H groups in total. The smallest absolute Gasteiger partial charge is 0.228 e. The van der Waals surface area contributed by atoms with Crippen LogP contribution in [0.5, 0.6) is 0 Å². The SMILES string of the molecule is c1ccc2c(c1)ccc1nn(-c3ccc4cc(-c5nc6ccccc6o5)cnc4c3)nc12. The molecule has 4 aromatic carbocycles. The maximum absolute atomic E-state index is 5.89. The number of fused-ring (bicyclic) bond motifs is 5. The Kier molecular flexibility index (Phi) is 3.46. The molecule has 0 bridgehead atoms. The molecular formula is C26H15N5O. The molecule has 0 aliphatic heterocycles. The first-order valence-electron chi connectivity index (χ1n) is 10.3. The van der Waals surface area contributed by atoms with Crippen molar-refractivity contribution in [1.29, 1.82) is 0 Å². The fourth-order valence-corrected chi connectivity index (χ4v) is 4.11. The molecule has 0 aliphatic carbocycles. The van der Waals surface area contributed by atoms with Crippen molar-refractivity contribution in [2.45, 2.75) is 0 Å². The highest BCUT2D eigenvalue weighted by Crippen LogP contribution is 2.27. The van der Waals surface area contributed by atoms with Crippen molar-refractivity contribution < 1.29 is 4.42 Å². The monoisotopic (exact) mass is 413 g/mol. The molecule has 6 nitrogen and oxygen atoms in total. The molecule has 0 radical (unpaired) electrons. The quantitative estimate of drug-likeness (QED) is 0.351. The van der Waals surface area contributed by atoms with Gasteiger partial charge in [-0.1, -0.05) is 48.5 Å². The van der Waals surface area contributed by atoms with E-state index in [-0.39, 0.29) is 0 Å². The third-order valence-corrected chi connectivity index (χ3v) is 5.72. The summed E-state index contributed by atoms with van der Waals surface area (Å²) in [4.78, 5) is 10.9. The zero-order valence-corrected chi connectivity index (χ0v) is 16.8. The molecular weight excluding hydrogens is 398 g/mol. The number of para-hydroxylation sites is 2. The van der Waals surface area contributed by atoms with Crippen LogP contribution < -0.4 is 0 Å². The molecule has 3 heterocycles. The second-order valence-corrected chi connectivity index (χ2v) is 7.73. The topological polar surface area (TPSA) is 69.6 Å². The number of rotatable bonds is 2. The molecule has 0 saturated carbocycles. The average molecular weight is 413 g/mol. The van der Waals surface area contributed by atoms with E-state index in [1.54, 1.807) is 11.0 Å². The number of hydrogen-bond acceptors (Lipinski definition) is 5. The van der Waals surface area contributed by atoms with Crippen molar-refractivity contribution in [3.8, 4) is 17.1 Å². The van der Waals surface area contributed by atoms with Gasteiger partial charge >= 0.3 is 0 Å². The van der Waals surface area contributed by atoms with Gasteiger partial charge in [-0.2, -0.15) is 4.80 Å². The molecule has 7 rings (SSSR count). The molecule has 32 heavy (non-hydrogen) atoms. The van der Waals surface area contributed by atoms with Gasteiger partial charge in [0.1, 0.15) is 16.6 Å². The highest BCUT2D eigenvalue weighted by molar-refractivity contribution is 6.03. The van der Waals surface area contributed by atoms with Gasteiger partial charge in [0.25, 0.3) is 0 Å². The number of pyridine rings is 1. The van der Waals surface area contributed by atoms with E-state index in [9.17, 15) is 0 Å². The lowest BCUT2D eigenvalue weighted by Gasteiger charge is -2.03. The summed E-state index contributed by atoms with van der Waals surface area (Å²) in [6, 6.07) is 28.1. The van der Waals surface area contributed by atoms with Crippen molar-refractivity contribution in [1.82, 2.24) is 25.0 Å². The summed E-state index contributed by atoms with van der Waals surface area (Å²) in [6.45, 7) is 0. The van der Waals surface area contributed by atoms with Gasteiger partial charge < -0.3 is 4.42 Å². The summed E-state index contributed by atoms with van der Waals surface area (Å²) >= 11 is 0. The summed E-state index contributed by atoms with van der Waals surface area (Å²) < 4.78 is 5.89. The molecule has 0 saturated heterocycles. The lowest BCUT2D eigenvalue weighted by Crippen LogP contribution is -1.98. The van der Waals surface area contributed by atoms with Crippen LogP contribution in [0.3, 0.4) is 0 Å². The van der Waals surface area contributed by atoms with E-state index >= 15 is 0 Å². The number of oxazole rings is 1. The summed E-state index contributed by atoms with van der Waals surface area (Å²) in [7, 11) is 0. The fourth-order valence-electron chi connectivity index (χ4n) is 4.11. The minimum atomic E-state index is 0.566. The van der Waals surface area contributed by atoms with Gasteiger partial charge in [-0.25, -0.2) is 4.98 Å². The molecule has 0 spiro atoms. The predicted molar refractivity (Wildman–Crippen MR) is 125 cm³/mol. The maximum Gasteiger partial charge on any atom is 0.228 e. The van der Waals surface area contributed by atoms with Crippen molar-refractivity contribution >= 4 is 43.8 Å². The third-order valence-electron chi connectivity index (χ3n) is 5.72. The molecule has 0 fully saturated rings. The first kappa shape index (κ1) is 17.1. The molecule has 3 aromatic heterocycles. The van der Waals surface area contributed by atoms with Gasteiger partial charge in [-0.15, -0.1) is 10.2 Å². The lowest BCUT2D eigenvalue weighted by molar-refractivity contribution is 0.619. The maximum atomic E-state index is 5.89. The lowest BCUT2D eigenvalue weighted by atomic mass is 10.1. The Hall–Kier alpha value is -4.58. The second kappa shape index (κ2) is 6.46. The Bertz CT molecular complexity index is 1760. The molecule has 0 atom stereocenters. The number of benzene rings is 4. The Morgan fingerprint density at radius 3 is 2.53 bits per heavy atom. The van der Waals surface area contributed by atoms with Crippen LogP contribution in [-0.2, 0) is 0 Å². The molecule has 0 unspecified atom stereocenters. The largest absolute Gasteiger partial charge is 0.436 e. The van der Waals surface area contributed by atoms with E-state index in [4.69, 9.17) is 9.52 Å². The minimum absolute atomic E-state index is 0.566. The summed E-state index contributed by atoms with van der Waals surface area (Å²) in [5, 5.41) is 12.7. The van der Waals surface area contributed by atoms with E-state index in [0.29, 0.717) is 5.89 Å². The Morgan fingerprint density at radius 1 is 0.688 bits per heavy atom. The van der Waals surface area contributed by atoms with Crippen LogP contribution in [-0.4, -0.2) is 25.0 Å². The second-order valence-electron chi connectivity index (χ2n) is 7.73. The van der Waals surface area contributed by atoms with Gasteiger partial charge in [0.15, 0.2) is 5.58 Å². The van der Waals surface area contributed by atoms with Crippen LogP contribution in [0.2, 0.25) is 0 Å².